The molecule has 2 bridgehead atoms. The standard InChI is InChI=1S/C46H64F2N6O4Si/c1-29(2)59(30(3)4,31(5)6)21-18-38-39(48)16-12-32-22-37(56-10)23-33(41(32)38)13-17-40-49-42(51-43(50-40)57-28-46-19-11-20-53(46)25-34(47)24-46)52-26-35-14-15-36(27-52)54(35)44(55)58-45(7,8)9/h12,16,22-23,29-31,34-36H,11,13-15,17,19-20,24-28H2,1-10H3/t34-,35?,36?,46+/m1/s1. The molecule has 3 aromatic rings. The number of amides is 1. The number of fused-ring (bicyclic) bond motifs is 4. The number of piperazine rings is 1. The number of anilines is 1. The van der Waals surface area contributed by atoms with Gasteiger partial charge in [-0.1, -0.05) is 53.5 Å². The first-order valence-corrected chi connectivity index (χ1v) is 24.0. The zero-order valence-electron chi connectivity index (χ0n) is 36.8. The van der Waals surface area contributed by atoms with Crippen molar-refractivity contribution in [2.75, 3.05) is 44.8 Å². The van der Waals surface area contributed by atoms with Gasteiger partial charge in [0.1, 0.15) is 43.8 Å². The second kappa shape index (κ2) is 16.8. The van der Waals surface area contributed by atoms with E-state index in [0.717, 1.165) is 48.6 Å². The average Bonchev–Trinajstić information content (AvgIpc) is 3.79. The third-order valence-electron chi connectivity index (χ3n) is 13.5. The van der Waals surface area contributed by atoms with Crippen molar-refractivity contribution < 1.29 is 27.8 Å². The van der Waals surface area contributed by atoms with E-state index in [1.165, 1.54) is 6.07 Å². The predicted octanol–water partition coefficient (Wildman–Crippen LogP) is 9.07. The summed E-state index contributed by atoms with van der Waals surface area (Å²) in [5, 5.41) is 1.64. The topological polar surface area (TPSA) is 93.2 Å². The molecule has 7 rings (SSSR count). The summed E-state index contributed by atoms with van der Waals surface area (Å²) < 4.78 is 48.8. The molecule has 0 aliphatic carbocycles. The van der Waals surface area contributed by atoms with Crippen LogP contribution >= 0.6 is 0 Å². The van der Waals surface area contributed by atoms with Gasteiger partial charge in [-0.3, -0.25) is 9.80 Å². The Morgan fingerprint density at radius 2 is 1.68 bits per heavy atom. The smallest absolute Gasteiger partial charge is 0.410 e. The first-order valence-electron chi connectivity index (χ1n) is 21.8. The van der Waals surface area contributed by atoms with Crippen LogP contribution in [0.1, 0.15) is 111 Å². The number of benzene rings is 2. The number of aryl methyl sites for hydroxylation is 2. The van der Waals surface area contributed by atoms with E-state index in [2.05, 4.69) is 62.8 Å². The fraction of sp³-hybridized carbons (Fsp3) is 0.652. The molecule has 1 aromatic heterocycles. The Bertz CT molecular complexity index is 2060. The maximum Gasteiger partial charge on any atom is 0.410 e. The van der Waals surface area contributed by atoms with Gasteiger partial charge in [-0.05, 0) is 105 Å². The molecule has 4 atom stereocenters. The Kier molecular flexibility index (Phi) is 12.3. The van der Waals surface area contributed by atoms with E-state index in [9.17, 15) is 9.18 Å². The number of hydrogen-bond donors (Lipinski definition) is 0. The second-order valence-corrected chi connectivity index (χ2v) is 24.9. The average molecular weight is 831 g/mol. The van der Waals surface area contributed by atoms with Crippen molar-refractivity contribution in [3.63, 3.8) is 0 Å². The Morgan fingerprint density at radius 3 is 2.32 bits per heavy atom. The highest BCUT2D eigenvalue weighted by Gasteiger charge is 2.50. The summed E-state index contributed by atoms with van der Waals surface area (Å²) in [6.07, 6.45) is 3.77. The third-order valence-corrected chi connectivity index (χ3v) is 19.8. The number of hydrogen-bond acceptors (Lipinski definition) is 9. The number of rotatable bonds is 11. The van der Waals surface area contributed by atoms with Crippen LogP contribution in [-0.4, -0.2) is 108 Å². The van der Waals surface area contributed by atoms with E-state index in [1.807, 2.05) is 37.8 Å². The molecule has 10 nitrogen and oxygen atoms in total. The SMILES string of the molecule is COc1cc(CCc2nc(OC[C@@]34CCCN3C[C@H](F)C4)nc(N3CC4CCC(C3)N4C(=O)OC(C)(C)C)n2)c2c(C#C[Si](C(C)C)(C(C)C)C(C)C)c(F)ccc2c1. The lowest BCUT2D eigenvalue weighted by Gasteiger charge is -2.41. The minimum absolute atomic E-state index is 0.0412. The molecular formula is C46H64F2N6O4Si. The van der Waals surface area contributed by atoms with E-state index in [-0.39, 0.29) is 35.5 Å². The van der Waals surface area contributed by atoms with Crippen LogP contribution in [-0.2, 0) is 17.6 Å². The number of carbonyl (C=O) groups excluding carboxylic acids is 1. The Hall–Kier alpha value is -4.02. The van der Waals surface area contributed by atoms with Crippen LogP contribution in [0.4, 0.5) is 19.5 Å². The fourth-order valence-electron chi connectivity index (χ4n) is 10.8. The minimum Gasteiger partial charge on any atom is -0.497 e. The van der Waals surface area contributed by atoms with Crippen LogP contribution in [0.2, 0.25) is 16.6 Å². The number of nitrogens with zero attached hydrogens (tertiary/aromatic N) is 6. The molecule has 2 unspecified atom stereocenters. The Balaban J connectivity index is 1.23. The van der Waals surface area contributed by atoms with Gasteiger partial charge in [0.25, 0.3) is 0 Å². The second-order valence-electron chi connectivity index (χ2n) is 19.3. The van der Waals surface area contributed by atoms with Crippen LogP contribution in [0.25, 0.3) is 10.8 Å². The fourth-order valence-corrected chi connectivity index (χ4v) is 16.0. The zero-order chi connectivity index (χ0) is 42.4. The minimum atomic E-state index is -2.16. The van der Waals surface area contributed by atoms with Gasteiger partial charge in [0.2, 0.25) is 5.95 Å². The molecule has 0 radical (unpaired) electrons. The molecule has 2 aromatic carbocycles. The molecule has 5 heterocycles. The molecule has 4 fully saturated rings. The van der Waals surface area contributed by atoms with Crippen molar-refractivity contribution in [3.05, 3.63) is 47.0 Å². The Labute approximate surface area is 350 Å². The van der Waals surface area contributed by atoms with Crippen LogP contribution in [0.15, 0.2) is 24.3 Å². The molecular weight excluding hydrogens is 767 g/mol. The van der Waals surface area contributed by atoms with Gasteiger partial charge < -0.3 is 19.1 Å². The van der Waals surface area contributed by atoms with E-state index in [0.29, 0.717) is 85.2 Å². The maximum absolute atomic E-state index is 16.1. The quantitative estimate of drug-likeness (QED) is 0.139. The summed E-state index contributed by atoms with van der Waals surface area (Å²) in [7, 11) is -0.524. The lowest BCUT2D eigenvalue weighted by Crippen LogP contribution is -2.57. The van der Waals surface area contributed by atoms with Gasteiger partial charge in [0, 0.05) is 37.9 Å². The first kappa shape index (κ1) is 43.1. The highest BCUT2D eigenvalue weighted by molar-refractivity contribution is 6.90. The molecule has 320 valence electrons. The molecule has 4 aliphatic rings. The maximum atomic E-state index is 16.1. The highest BCUT2D eigenvalue weighted by atomic mass is 28.3. The molecule has 0 spiro atoms. The molecule has 0 saturated carbocycles. The number of carbonyl (C=O) groups is 1. The van der Waals surface area contributed by atoms with Crippen LogP contribution in [0.5, 0.6) is 11.8 Å². The zero-order valence-corrected chi connectivity index (χ0v) is 37.8. The third kappa shape index (κ3) is 8.63. The molecule has 4 aliphatic heterocycles. The van der Waals surface area contributed by atoms with Gasteiger partial charge in [-0.15, -0.1) is 5.54 Å². The molecule has 1 amide bonds. The number of aromatic nitrogens is 3. The van der Waals surface area contributed by atoms with E-state index < -0.39 is 19.8 Å². The number of alkyl halides is 1. The predicted molar refractivity (Wildman–Crippen MR) is 231 cm³/mol. The molecule has 59 heavy (non-hydrogen) atoms. The number of halogens is 2. The first-order chi connectivity index (χ1) is 27.9. The van der Waals surface area contributed by atoms with Crippen LogP contribution in [0.3, 0.4) is 0 Å². The largest absolute Gasteiger partial charge is 0.497 e. The van der Waals surface area contributed by atoms with Crippen molar-refractivity contribution in [1.82, 2.24) is 24.8 Å². The lowest BCUT2D eigenvalue weighted by molar-refractivity contribution is 0.0122. The van der Waals surface area contributed by atoms with Crippen molar-refractivity contribution >= 4 is 30.9 Å². The van der Waals surface area contributed by atoms with E-state index in [1.54, 1.807) is 13.2 Å². The van der Waals surface area contributed by atoms with Gasteiger partial charge in [-0.2, -0.15) is 15.0 Å². The summed E-state index contributed by atoms with van der Waals surface area (Å²) in [4.78, 5) is 34.3. The summed E-state index contributed by atoms with van der Waals surface area (Å²) in [5.74, 6) is 4.81. The molecule has 0 N–H and O–H groups in total. The van der Waals surface area contributed by atoms with Gasteiger partial charge in [-0.25, -0.2) is 13.6 Å². The normalized spacial score (nSPS) is 23.3. The summed E-state index contributed by atoms with van der Waals surface area (Å²) in [5.41, 5.74) is 5.32. The van der Waals surface area contributed by atoms with Crippen molar-refractivity contribution in [3.8, 4) is 23.2 Å². The van der Waals surface area contributed by atoms with Crippen LogP contribution in [0, 0.1) is 17.3 Å². The lowest BCUT2D eigenvalue weighted by atomic mass is 9.95. The summed E-state index contributed by atoms with van der Waals surface area (Å²) in [6, 6.07) is 7.35. The van der Waals surface area contributed by atoms with Crippen molar-refractivity contribution in [1.29, 1.82) is 0 Å². The van der Waals surface area contributed by atoms with E-state index >= 15 is 4.39 Å². The van der Waals surface area contributed by atoms with Crippen LogP contribution < -0.4 is 14.4 Å². The van der Waals surface area contributed by atoms with Gasteiger partial charge >= 0.3 is 12.1 Å². The van der Waals surface area contributed by atoms with Crippen molar-refractivity contribution in [2.24, 2.45) is 0 Å². The van der Waals surface area contributed by atoms with Gasteiger partial charge in [0.15, 0.2) is 0 Å². The summed E-state index contributed by atoms with van der Waals surface area (Å²) in [6.45, 7) is 21.9. The summed E-state index contributed by atoms with van der Waals surface area (Å²) >= 11 is 0. The van der Waals surface area contributed by atoms with Gasteiger partial charge in [0.05, 0.1) is 30.3 Å². The van der Waals surface area contributed by atoms with E-state index in [4.69, 9.17) is 29.2 Å². The highest BCUT2D eigenvalue weighted by Crippen LogP contribution is 2.42. The number of ether oxygens (including phenoxy) is 3. The molecule has 13 heteroatoms. The Morgan fingerprint density at radius 1 is 0.983 bits per heavy atom. The number of methoxy groups -OCH3 is 1. The van der Waals surface area contributed by atoms with Crippen molar-refractivity contribution in [2.45, 2.75) is 153 Å². The monoisotopic (exact) mass is 830 g/mol. The molecule has 4 saturated heterocycles.